The van der Waals surface area contributed by atoms with Crippen LogP contribution in [0.2, 0.25) is 5.15 Å². The molecule has 0 bridgehead atoms. The summed E-state index contributed by atoms with van der Waals surface area (Å²) in [5, 5.41) is 11.3. The quantitative estimate of drug-likeness (QED) is 0.500. The summed E-state index contributed by atoms with van der Waals surface area (Å²) in [5.41, 5.74) is 2.18. The Hall–Kier alpha value is -2.15. The van der Waals surface area contributed by atoms with Gasteiger partial charge in [0.25, 0.3) is 0 Å². The maximum Gasteiger partial charge on any atom is 0.160 e. The zero-order valence-electron chi connectivity index (χ0n) is 17.6. The van der Waals surface area contributed by atoms with E-state index in [1.807, 2.05) is 36.1 Å². The van der Waals surface area contributed by atoms with E-state index in [-0.39, 0.29) is 0 Å². The lowest BCUT2D eigenvalue weighted by molar-refractivity contribution is 0.186. The van der Waals surface area contributed by atoms with Crippen LogP contribution in [0.1, 0.15) is 51.3 Å². The van der Waals surface area contributed by atoms with Gasteiger partial charge < -0.3 is 14.7 Å². The van der Waals surface area contributed by atoms with Crippen molar-refractivity contribution in [1.29, 1.82) is 0 Å². The number of hydrogen-bond donors (Lipinski definition) is 1. The normalized spacial score (nSPS) is 21.5. The van der Waals surface area contributed by atoms with Crippen molar-refractivity contribution < 1.29 is 9.84 Å². The van der Waals surface area contributed by atoms with Crippen molar-refractivity contribution >= 4 is 28.8 Å². The van der Waals surface area contributed by atoms with Gasteiger partial charge in [-0.25, -0.2) is 9.98 Å². The number of halogens is 1. The maximum absolute atomic E-state index is 11.0. The van der Waals surface area contributed by atoms with Crippen LogP contribution in [0.4, 0.5) is 11.4 Å². The summed E-state index contributed by atoms with van der Waals surface area (Å²) in [7, 11) is 0. The predicted octanol–water partition coefficient (Wildman–Crippen LogP) is 4.94. The van der Waals surface area contributed by atoms with Crippen LogP contribution in [-0.4, -0.2) is 46.6 Å². The summed E-state index contributed by atoms with van der Waals surface area (Å²) in [6.07, 6.45) is 5.07. The number of anilines is 1. The van der Waals surface area contributed by atoms with Crippen LogP contribution >= 0.6 is 11.6 Å². The molecule has 160 valence electrons. The SMILES string of the molecule is CCC1=Nc2cnc(Cl)cc2C(O)N1c1ccc(OCCCN2CCC[C@@H]2C)cc1. The highest BCUT2D eigenvalue weighted by atomic mass is 35.5. The Morgan fingerprint density at radius 2 is 2.07 bits per heavy atom. The van der Waals surface area contributed by atoms with Gasteiger partial charge in [-0.05, 0) is 63.1 Å². The van der Waals surface area contributed by atoms with E-state index in [0.29, 0.717) is 35.5 Å². The Labute approximate surface area is 183 Å². The molecule has 0 amide bonds. The first-order chi connectivity index (χ1) is 14.6. The zero-order valence-corrected chi connectivity index (χ0v) is 18.3. The van der Waals surface area contributed by atoms with Gasteiger partial charge in [-0.2, -0.15) is 0 Å². The van der Waals surface area contributed by atoms with Crippen molar-refractivity contribution in [3.05, 3.63) is 47.2 Å². The van der Waals surface area contributed by atoms with E-state index in [1.54, 1.807) is 12.3 Å². The molecule has 1 saturated heterocycles. The Morgan fingerprint density at radius 3 is 2.77 bits per heavy atom. The van der Waals surface area contributed by atoms with Gasteiger partial charge in [0.2, 0.25) is 0 Å². The number of aliphatic imine (C=N–C) groups is 1. The number of pyridine rings is 1. The van der Waals surface area contributed by atoms with E-state index in [2.05, 4.69) is 21.8 Å². The summed E-state index contributed by atoms with van der Waals surface area (Å²) in [6.45, 7) is 7.32. The molecule has 6 nitrogen and oxygen atoms in total. The second kappa shape index (κ2) is 9.33. The van der Waals surface area contributed by atoms with Gasteiger partial charge in [0.15, 0.2) is 6.23 Å². The van der Waals surface area contributed by atoms with E-state index in [0.717, 1.165) is 30.2 Å². The van der Waals surface area contributed by atoms with E-state index in [4.69, 9.17) is 16.3 Å². The number of likely N-dealkylation sites (tertiary alicyclic amines) is 1. The molecule has 1 aromatic carbocycles. The minimum absolute atomic E-state index is 0.343. The maximum atomic E-state index is 11.0. The molecular formula is C23H29ClN4O2. The largest absolute Gasteiger partial charge is 0.494 e. The molecule has 3 heterocycles. The van der Waals surface area contributed by atoms with Crippen molar-refractivity contribution in [2.75, 3.05) is 24.6 Å². The number of fused-ring (bicyclic) bond motifs is 1. The van der Waals surface area contributed by atoms with E-state index < -0.39 is 6.23 Å². The smallest absolute Gasteiger partial charge is 0.160 e. The summed E-state index contributed by atoms with van der Waals surface area (Å²) in [6, 6.07) is 10.2. The van der Waals surface area contributed by atoms with Crippen molar-refractivity contribution in [2.45, 2.75) is 51.8 Å². The predicted molar refractivity (Wildman–Crippen MR) is 121 cm³/mol. The number of amidine groups is 1. The lowest BCUT2D eigenvalue weighted by Crippen LogP contribution is -2.36. The summed E-state index contributed by atoms with van der Waals surface area (Å²) in [4.78, 5) is 13.1. The Morgan fingerprint density at radius 1 is 1.27 bits per heavy atom. The Kier molecular flexibility index (Phi) is 6.56. The molecule has 7 heteroatoms. The molecule has 0 spiro atoms. The van der Waals surface area contributed by atoms with Crippen LogP contribution in [0, 0.1) is 0 Å². The average Bonchev–Trinajstić information content (AvgIpc) is 3.17. The third-order valence-corrected chi connectivity index (χ3v) is 6.12. The number of aliphatic hydroxyl groups excluding tert-OH is 1. The molecule has 1 aromatic heterocycles. The first-order valence-corrected chi connectivity index (χ1v) is 11.1. The van der Waals surface area contributed by atoms with Crippen molar-refractivity contribution in [2.24, 2.45) is 4.99 Å². The molecular weight excluding hydrogens is 400 g/mol. The molecule has 0 saturated carbocycles. The highest BCUT2D eigenvalue weighted by Crippen LogP contribution is 2.38. The van der Waals surface area contributed by atoms with Gasteiger partial charge >= 0.3 is 0 Å². The average molecular weight is 429 g/mol. The number of benzene rings is 1. The topological polar surface area (TPSA) is 61.2 Å². The monoisotopic (exact) mass is 428 g/mol. The van der Waals surface area contributed by atoms with Gasteiger partial charge in [-0.1, -0.05) is 18.5 Å². The number of nitrogens with zero attached hydrogens (tertiary/aromatic N) is 4. The molecule has 1 fully saturated rings. The third kappa shape index (κ3) is 4.46. The summed E-state index contributed by atoms with van der Waals surface area (Å²) >= 11 is 6.03. The molecule has 2 aromatic rings. The van der Waals surface area contributed by atoms with Crippen LogP contribution in [-0.2, 0) is 0 Å². The minimum Gasteiger partial charge on any atom is -0.494 e. The Bertz CT molecular complexity index is 903. The molecule has 30 heavy (non-hydrogen) atoms. The Balaban J connectivity index is 1.40. The molecule has 2 aliphatic heterocycles. The van der Waals surface area contributed by atoms with Crippen molar-refractivity contribution in [3.8, 4) is 5.75 Å². The van der Waals surface area contributed by atoms with Gasteiger partial charge in [0.05, 0.1) is 18.5 Å². The van der Waals surface area contributed by atoms with Crippen LogP contribution in [0.25, 0.3) is 0 Å². The second-order valence-corrected chi connectivity index (χ2v) is 8.30. The van der Waals surface area contributed by atoms with Crippen LogP contribution in [0.15, 0.2) is 41.5 Å². The van der Waals surface area contributed by atoms with Crippen LogP contribution < -0.4 is 9.64 Å². The summed E-state index contributed by atoms with van der Waals surface area (Å²) in [5.74, 6) is 1.62. The molecule has 4 rings (SSSR count). The molecule has 1 N–H and O–H groups in total. The minimum atomic E-state index is -0.859. The van der Waals surface area contributed by atoms with Crippen LogP contribution in [0.5, 0.6) is 5.75 Å². The lowest BCUT2D eigenvalue weighted by atomic mass is 10.1. The van der Waals surface area contributed by atoms with Gasteiger partial charge in [0.1, 0.15) is 16.7 Å². The fourth-order valence-corrected chi connectivity index (χ4v) is 4.40. The van der Waals surface area contributed by atoms with Gasteiger partial charge in [-0.15, -0.1) is 0 Å². The number of rotatable bonds is 7. The second-order valence-electron chi connectivity index (χ2n) is 7.91. The first kappa shape index (κ1) is 21.1. The number of aliphatic hydroxyl groups is 1. The molecule has 0 radical (unpaired) electrons. The molecule has 2 atom stereocenters. The standard InChI is InChI=1S/C23H29ClN4O2/c1-3-22-26-20-15-25-21(24)14-19(20)23(29)28(22)17-7-9-18(10-8-17)30-13-5-12-27-11-4-6-16(27)2/h7-10,14-16,23,29H,3-6,11-13H2,1-2H3/t16-,23?/m0/s1. The highest BCUT2D eigenvalue weighted by molar-refractivity contribution is 6.29. The highest BCUT2D eigenvalue weighted by Gasteiger charge is 2.29. The third-order valence-electron chi connectivity index (χ3n) is 5.91. The van der Waals surface area contributed by atoms with Crippen molar-refractivity contribution in [3.63, 3.8) is 0 Å². The van der Waals surface area contributed by atoms with Crippen LogP contribution in [0.3, 0.4) is 0 Å². The molecule has 0 aliphatic carbocycles. The van der Waals surface area contributed by atoms with E-state index in [1.165, 1.54) is 19.4 Å². The fraction of sp³-hybridized carbons (Fsp3) is 0.478. The molecule has 1 unspecified atom stereocenters. The van der Waals surface area contributed by atoms with E-state index in [9.17, 15) is 5.11 Å². The number of ether oxygens (including phenoxy) is 1. The number of hydrogen-bond acceptors (Lipinski definition) is 6. The first-order valence-electron chi connectivity index (χ1n) is 10.7. The number of aromatic nitrogens is 1. The fourth-order valence-electron chi connectivity index (χ4n) is 4.24. The van der Waals surface area contributed by atoms with Gasteiger partial charge in [-0.3, -0.25) is 4.90 Å². The van der Waals surface area contributed by atoms with Crippen molar-refractivity contribution in [1.82, 2.24) is 9.88 Å². The van der Waals surface area contributed by atoms with Gasteiger partial charge in [0, 0.05) is 30.3 Å². The molecule has 2 aliphatic rings. The zero-order chi connectivity index (χ0) is 21.1. The summed E-state index contributed by atoms with van der Waals surface area (Å²) < 4.78 is 5.93. The van der Waals surface area contributed by atoms with E-state index >= 15 is 0 Å². The lowest BCUT2D eigenvalue weighted by Gasteiger charge is -2.34.